The van der Waals surface area contributed by atoms with Crippen LogP contribution < -0.4 is 5.32 Å². The molecule has 1 unspecified atom stereocenters. The average molecular weight is 415 g/mol. The first kappa shape index (κ1) is 22.4. The fourth-order valence-corrected chi connectivity index (χ4v) is 3.24. The van der Waals surface area contributed by atoms with Gasteiger partial charge in [0.25, 0.3) is 0 Å². The van der Waals surface area contributed by atoms with Crippen molar-refractivity contribution in [2.24, 2.45) is 4.99 Å². The van der Waals surface area contributed by atoms with Crippen LogP contribution in [0.15, 0.2) is 89.9 Å². The summed E-state index contributed by atoms with van der Waals surface area (Å²) < 4.78 is 0. The van der Waals surface area contributed by atoms with Crippen molar-refractivity contribution in [2.75, 3.05) is 0 Å². The second-order valence-electron chi connectivity index (χ2n) is 8.69. The first-order chi connectivity index (χ1) is 14.8. The molecule has 4 heteroatoms. The van der Waals surface area contributed by atoms with Crippen molar-refractivity contribution < 1.29 is 9.90 Å². The maximum absolute atomic E-state index is 12.1. The molecule has 0 aliphatic carbocycles. The fraction of sp³-hybridized carbons (Fsp3) is 0.259. The van der Waals surface area contributed by atoms with E-state index in [4.69, 9.17) is 4.99 Å². The predicted octanol–water partition coefficient (Wildman–Crippen LogP) is 5.11. The van der Waals surface area contributed by atoms with Gasteiger partial charge in [0.05, 0.1) is 5.71 Å². The minimum Gasteiger partial charge on any atom is -0.480 e. The number of benzene rings is 3. The molecule has 3 aromatic carbocycles. The number of nitrogens with one attached hydrogen (secondary N) is 1. The number of hydrogen-bond acceptors (Lipinski definition) is 3. The molecule has 1 atom stereocenters. The molecule has 0 aliphatic rings. The van der Waals surface area contributed by atoms with E-state index in [1.54, 1.807) is 0 Å². The van der Waals surface area contributed by atoms with Crippen molar-refractivity contribution in [2.45, 2.75) is 45.3 Å². The Morgan fingerprint density at radius 2 is 1.32 bits per heavy atom. The van der Waals surface area contributed by atoms with Gasteiger partial charge in [-0.05, 0) is 31.9 Å². The van der Waals surface area contributed by atoms with Gasteiger partial charge in [-0.25, -0.2) is 4.79 Å². The number of hydrogen-bond donors (Lipinski definition) is 2. The Labute approximate surface area is 184 Å². The van der Waals surface area contributed by atoms with Gasteiger partial charge < -0.3 is 10.4 Å². The van der Waals surface area contributed by atoms with Gasteiger partial charge in [-0.2, -0.15) is 0 Å². The first-order valence-electron chi connectivity index (χ1n) is 10.6. The molecule has 0 fully saturated rings. The van der Waals surface area contributed by atoms with Crippen LogP contribution in [0.5, 0.6) is 0 Å². The van der Waals surface area contributed by atoms with Gasteiger partial charge in [0.2, 0.25) is 0 Å². The van der Waals surface area contributed by atoms with Crippen LogP contribution in [-0.4, -0.2) is 28.4 Å². The van der Waals surface area contributed by atoms with E-state index < -0.39 is 12.0 Å². The van der Waals surface area contributed by atoms with Crippen molar-refractivity contribution in [3.63, 3.8) is 0 Å². The highest BCUT2D eigenvalue weighted by Crippen LogP contribution is 2.16. The van der Waals surface area contributed by atoms with Crippen molar-refractivity contribution in [1.29, 1.82) is 0 Å². The summed E-state index contributed by atoms with van der Waals surface area (Å²) >= 11 is 0. The average Bonchev–Trinajstić information content (AvgIpc) is 2.76. The molecule has 0 bridgehead atoms. The molecule has 0 spiro atoms. The number of rotatable bonds is 8. The summed E-state index contributed by atoms with van der Waals surface area (Å²) in [5, 5.41) is 13.4. The van der Waals surface area contributed by atoms with E-state index in [-0.39, 0.29) is 5.54 Å². The van der Waals surface area contributed by atoms with Crippen LogP contribution in [-0.2, 0) is 17.8 Å². The maximum Gasteiger partial charge on any atom is 0.328 e. The Hall–Kier alpha value is -3.24. The molecule has 0 aliphatic heterocycles. The van der Waals surface area contributed by atoms with Crippen LogP contribution >= 0.6 is 0 Å². The monoisotopic (exact) mass is 414 g/mol. The SMILES string of the molecule is CC(C)(C)NCc1ccc(CC(N=C(c2ccccc2)c2ccccc2)C(=O)O)cc1. The third kappa shape index (κ3) is 6.90. The third-order valence-corrected chi connectivity index (χ3v) is 4.94. The van der Waals surface area contributed by atoms with Gasteiger partial charge in [-0.1, -0.05) is 84.9 Å². The van der Waals surface area contributed by atoms with Crippen LogP contribution in [0.4, 0.5) is 0 Å². The lowest BCUT2D eigenvalue weighted by Gasteiger charge is -2.20. The van der Waals surface area contributed by atoms with Gasteiger partial charge in [-0.15, -0.1) is 0 Å². The summed E-state index contributed by atoms with van der Waals surface area (Å²) in [6, 6.07) is 26.7. The molecular formula is C27H30N2O2. The van der Waals surface area contributed by atoms with Crippen LogP contribution in [0.3, 0.4) is 0 Å². The van der Waals surface area contributed by atoms with E-state index in [2.05, 4.69) is 26.1 Å². The van der Waals surface area contributed by atoms with Crippen molar-refractivity contribution in [3.8, 4) is 0 Å². The molecule has 0 saturated carbocycles. The maximum atomic E-state index is 12.1. The van der Waals surface area contributed by atoms with E-state index >= 15 is 0 Å². The molecule has 0 saturated heterocycles. The van der Waals surface area contributed by atoms with Crippen LogP contribution in [0.25, 0.3) is 0 Å². The van der Waals surface area contributed by atoms with E-state index in [1.807, 2.05) is 84.9 Å². The number of aliphatic imine (C=N–C) groups is 1. The van der Waals surface area contributed by atoms with Crippen molar-refractivity contribution >= 4 is 11.7 Å². The molecule has 160 valence electrons. The summed E-state index contributed by atoms with van der Waals surface area (Å²) in [4.78, 5) is 16.8. The second kappa shape index (κ2) is 10.2. The highest BCUT2D eigenvalue weighted by Gasteiger charge is 2.19. The predicted molar refractivity (Wildman–Crippen MR) is 127 cm³/mol. The molecule has 0 amide bonds. The van der Waals surface area contributed by atoms with Crippen molar-refractivity contribution in [1.82, 2.24) is 5.32 Å². The smallest absolute Gasteiger partial charge is 0.328 e. The third-order valence-electron chi connectivity index (χ3n) is 4.94. The summed E-state index contributed by atoms with van der Waals surface area (Å²) in [5.41, 5.74) is 4.68. The number of aliphatic carboxylic acids is 1. The van der Waals surface area contributed by atoms with E-state index in [0.29, 0.717) is 12.1 Å². The Kier molecular flexibility index (Phi) is 7.37. The molecule has 0 radical (unpaired) electrons. The summed E-state index contributed by atoms with van der Waals surface area (Å²) in [5.74, 6) is -0.928. The Morgan fingerprint density at radius 3 is 1.77 bits per heavy atom. The molecule has 3 aromatic rings. The number of nitrogens with zero attached hydrogens (tertiary/aromatic N) is 1. The number of carboxylic acids is 1. The Morgan fingerprint density at radius 1 is 0.839 bits per heavy atom. The standard InChI is InChI=1S/C27H30N2O2/c1-27(2,3)28-19-21-16-14-20(15-17-21)18-24(26(30)31)29-25(22-10-6-4-7-11-22)23-12-8-5-9-13-23/h4-17,24,28H,18-19H2,1-3H3,(H,30,31). The Balaban J connectivity index is 1.85. The number of carboxylic acid groups (broad SMARTS) is 1. The number of carbonyl (C=O) groups is 1. The van der Waals surface area contributed by atoms with Gasteiger partial charge >= 0.3 is 5.97 Å². The van der Waals surface area contributed by atoms with Gasteiger partial charge in [-0.3, -0.25) is 4.99 Å². The second-order valence-corrected chi connectivity index (χ2v) is 8.69. The van der Waals surface area contributed by atoms with E-state index in [1.165, 1.54) is 5.56 Å². The first-order valence-corrected chi connectivity index (χ1v) is 10.6. The minimum atomic E-state index is -0.928. The fourth-order valence-electron chi connectivity index (χ4n) is 3.24. The van der Waals surface area contributed by atoms with E-state index in [9.17, 15) is 9.90 Å². The zero-order valence-corrected chi connectivity index (χ0v) is 18.4. The topological polar surface area (TPSA) is 61.7 Å². The zero-order valence-electron chi connectivity index (χ0n) is 18.4. The van der Waals surface area contributed by atoms with Gasteiger partial charge in [0.15, 0.2) is 6.04 Å². The largest absolute Gasteiger partial charge is 0.480 e. The van der Waals surface area contributed by atoms with Crippen LogP contribution in [0, 0.1) is 0 Å². The van der Waals surface area contributed by atoms with E-state index in [0.717, 1.165) is 23.2 Å². The van der Waals surface area contributed by atoms with Gasteiger partial charge in [0, 0.05) is 29.6 Å². The summed E-state index contributed by atoms with van der Waals surface area (Å²) in [7, 11) is 0. The molecule has 2 N–H and O–H groups in total. The minimum absolute atomic E-state index is 0.0487. The van der Waals surface area contributed by atoms with Crippen LogP contribution in [0.1, 0.15) is 43.0 Å². The highest BCUT2D eigenvalue weighted by atomic mass is 16.4. The zero-order chi connectivity index (χ0) is 22.3. The lowest BCUT2D eigenvalue weighted by Crippen LogP contribution is -2.35. The molecule has 0 aromatic heterocycles. The highest BCUT2D eigenvalue weighted by molar-refractivity contribution is 6.13. The molecule has 0 heterocycles. The van der Waals surface area contributed by atoms with Crippen LogP contribution in [0.2, 0.25) is 0 Å². The molecular weight excluding hydrogens is 384 g/mol. The molecule has 4 nitrogen and oxygen atoms in total. The Bertz CT molecular complexity index is 963. The van der Waals surface area contributed by atoms with Gasteiger partial charge in [0.1, 0.15) is 0 Å². The molecule has 31 heavy (non-hydrogen) atoms. The normalized spacial score (nSPS) is 12.2. The summed E-state index contributed by atoms with van der Waals surface area (Å²) in [6.07, 6.45) is 0.339. The lowest BCUT2D eigenvalue weighted by molar-refractivity contribution is -0.138. The molecule has 3 rings (SSSR count). The summed E-state index contributed by atoms with van der Waals surface area (Å²) in [6.45, 7) is 7.17. The van der Waals surface area contributed by atoms with Crippen molar-refractivity contribution in [3.05, 3.63) is 107 Å². The lowest BCUT2D eigenvalue weighted by atomic mass is 10.00. The quantitative estimate of drug-likeness (QED) is 0.504.